The van der Waals surface area contributed by atoms with Crippen molar-refractivity contribution in [2.45, 2.75) is 45.8 Å². The van der Waals surface area contributed by atoms with E-state index in [0.29, 0.717) is 18.1 Å². The Labute approximate surface area is 94.0 Å². The Kier molecular flexibility index (Phi) is 5.58. The molecule has 1 saturated heterocycles. The third-order valence-electron chi connectivity index (χ3n) is 3.26. The van der Waals surface area contributed by atoms with E-state index < -0.39 is 0 Å². The van der Waals surface area contributed by atoms with Crippen LogP contribution in [0, 0.1) is 5.92 Å². The van der Waals surface area contributed by atoms with Crippen molar-refractivity contribution < 1.29 is 4.74 Å². The highest BCUT2D eigenvalue weighted by Gasteiger charge is 2.24. The van der Waals surface area contributed by atoms with E-state index in [9.17, 15) is 0 Å². The molecule has 1 aliphatic rings. The average Bonchev–Trinajstić information content (AvgIpc) is 2.20. The standard InChI is InChI=1S/C12H26N2O/c1-4-11-9-14(6-5-12(11)13)7-8-15-10(2)3/h10-12H,4-9,13H2,1-3H3. The Hall–Kier alpha value is -0.120. The predicted octanol–water partition coefficient (Wildman–Crippen LogP) is 1.47. The molecule has 0 aliphatic carbocycles. The molecule has 0 aromatic carbocycles. The average molecular weight is 214 g/mol. The highest BCUT2D eigenvalue weighted by atomic mass is 16.5. The number of ether oxygens (including phenoxy) is 1. The maximum absolute atomic E-state index is 6.07. The van der Waals surface area contributed by atoms with Crippen molar-refractivity contribution in [3.8, 4) is 0 Å². The normalized spacial score (nSPS) is 28.6. The van der Waals surface area contributed by atoms with Crippen molar-refractivity contribution in [2.24, 2.45) is 11.7 Å². The first-order valence-electron chi connectivity index (χ1n) is 6.23. The van der Waals surface area contributed by atoms with Gasteiger partial charge in [0.2, 0.25) is 0 Å². The second-order valence-electron chi connectivity index (χ2n) is 4.84. The van der Waals surface area contributed by atoms with Gasteiger partial charge in [0.15, 0.2) is 0 Å². The molecule has 2 unspecified atom stereocenters. The van der Waals surface area contributed by atoms with Gasteiger partial charge in [-0.1, -0.05) is 13.3 Å². The summed E-state index contributed by atoms with van der Waals surface area (Å²) >= 11 is 0. The van der Waals surface area contributed by atoms with Crippen molar-refractivity contribution >= 4 is 0 Å². The first-order valence-corrected chi connectivity index (χ1v) is 6.23. The second kappa shape index (κ2) is 6.46. The van der Waals surface area contributed by atoms with E-state index in [4.69, 9.17) is 10.5 Å². The van der Waals surface area contributed by atoms with Gasteiger partial charge in [-0.3, -0.25) is 0 Å². The largest absolute Gasteiger partial charge is 0.377 e. The minimum absolute atomic E-state index is 0.346. The first kappa shape index (κ1) is 12.9. The zero-order valence-electron chi connectivity index (χ0n) is 10.4. The number of likely N-dealkylation sites (tertiary alicyclic amines) is 1. The molecule has 3 heteroatoms. The van der Waals surface area contributed by atoms with Crippen molar-refractivity contribution in [3.63, 3.8) is 0 Å². The summed E-state index contributed by atoms with van der Waals surface area (Å²) in [5.74, 6) is 0.679. The lowest BCUT2D eigenvalue weighted by Crippen LogP contribution is -2.47. The fourth-order valence-corrected chi connectivity index (χ4v) is 2.18. The van der Waals surface area contributed by atoms with Crippen LogP contribution in [-0.2, 0) is 4.74 Å². The maximum atomic E-state index is 6.07. The van der Waals surface area contributed by atoms with Gasteiger partial charge in [-0.25, -0.2) is 0 Å². The van der Waals surface area contributed by atoms with Crippen LogP contribution in [0.1, 0.15) is 33.6 Å². The molecular weight excluding hydrogens is 188 g/mol. The number of hydrogen-bond donors (Lipinski definition) is 1. The fraction of sp³-hybridized carbons (Fsp3) is 1.00. The van der Waals surface area contributed by atoms with Crippen LogP contribution in [0.2, 0.25) is 0 Å². The van der Waals surface area contributed by atoms with Crippen molar-refractivity contribution in [3.05, 3.63) is 0 Å². The number of nitrogens with two attached hydrogens (primary N) is 1. The molecule has 1 rings (SSSR count). The highest BCUT2D eigenvalue weighted by Crippen LogP contribution is 2.18. The van der Waals surface area contributed by atoms with Gasteiger partial charge in [-0.05, 0) is 32.7 Å². The molecule has 0 radical (unpaired) electrons. The topological polar surface area (TPSA) is 38.5 Å². The van der Waals surface area contributed by atoms with Gasteiger partial charge in [0, 0.05) is 19.1 Å². The molecule has 3 nitrogen and oxygen atoms in total. The fourth-order valence-electron chi connectivity index (χ4n) is 2.18. The Morgan fingerprint density at radius 1 is 1.47 bits per heavy atom. The van der Waals surface area contributed by atoms with Crippen molar-refractivity contribution in [1.29, 1.82) is 0 Å². The van der Waals surface area contributed by atoms with Crippen LogP contribution in [0.25, 0.3) is 0 Å². The monoisotopic (exact) mass is 214 g/mol. The third-order valence-corrected chi connectivity index (χ3v) is 3.26. The zero-order valence-corrected chi connectivity index (χ0v) is 10.4. The smallest absolute Gasteiger partial charge is 0.0596 e. The van der Waals surface area contributed by atoms with E-state index in [2.05, 4.69) is 25.7 Å². The summed E-state index contributed by atoms with van der Waals surface area (Å²) in [5, 5.41) is 0. The summed E-state index contributed by atoms with van der Waals surface area (Å²) in [5.41, 5.74) is 6.07. The number of piperidine rings is 1. The zero-order chi connectivity index (χ0) is 11.3. The molecule has 2 atom stereocenters. The summed E-state index contributed by atoms with van der Waals surface area (Å²) in [6.07, 6.45) is 2.68. The van der Waals surface area contributed by atoms with Crippen molar-refractivity contribution in [2.75, 3.05) is 26.2 Å². The summed E-state index contributed by atoms with van der Waals surface area (Å²) in [6.45, 7) is 10.6. The molecule has 90 valence electrons. The number of hydrogen-bond acceptors (Lipinski definition) is 3. The minimum Gasteiger partial charge on any atom is -0.377 e. The molecule has 0 aromatic rings. The Morgan fingerprint density at radius 2 is 2.20 bits per heavy atom. The third kappa shape index (κ3) is 4.49. The van der Waals surface area contributed by atoms with E-state index >= 15 is 0 Å². The van der Waals surface area contributed by atoms with Crippen LogP contribution in [0.15, 0.2) is 0 Å². The van der Waals surface area contributed by atoms with E-state index in [1.807, 2.05) is 0 Å². The van der Waals surface area contributed by atoms with Gasteiger partial charge in [0.05, 0.1) is 12.7 Å². The molecule has 0 saturated carbocycles. The van der Waals surface area contributed by atoms with Crippen LogP contribution in [0.3, 0.4) is 0 Å². The summed E-state index contributed by atoms with van der Waals surface area (Å²) in [7, 11) is 0. The first-order chi connectivity index (χ1) is 7.13. The summed E-state index contributed by atoms with van der Waals surface area (Å²) in [4.78, 5) is 2.49. The van der Waals surface area contributed by atoms with Crippen LogP contribution >= 0.6 is 0 Å². The molecule has 1 fully saturated rings. The van der Waals surface area contributed by atoms with Gasteiger partial charge < -0.3 is 15.4 Å². The molecule has 1 heterocycles. The van der Waals surface area contributed by atoms with E-state index in [0.717, 1.165) is 32.7 Å². The molecule has 0 amide bonds. The van der Waals surface area contributed by atoms with E-state index in [-0.39, 0.29) is 0 Å². The Balaban J connectivity index is 2.20. The lowest BCUT2D eigenvalue weighted by atomic mass is 9.91. The highest BCUT2D eigenvalue weighted by molar-refractivity contribution is 4.81. The number of rotatable bonds is 5. The molecule has 2 N–H and O–H groups in total. The quantitative estimate of drug-likeness (QED) is 0.753. The molecule has 1 aliphatic heterocycles. The van der Waals surface area contributed by atoms with E-state index in [1.54, 1.807) is 0 Å². The summed E-state index contributed by atoms with van der Waals surface area (Å²) < 4.78 is 5.57. The second-order valence-corrected chi connectivity index (χ2v) is 4.84. The summed E-state index contributed by atoms with van der Waals surface area (Å²) in [6, 6.07) is 0.414. The van der Waals surface area contributed by atoms with Gasteiger partial charge in [-0.2, -0.15) is 0 Å². The van der Waals surface area contributed by atoms with Crippen molar-refractivity contribution in [1.82, 2.24) is 4.90 Å². The van der Waals surface area contributed by atoms with Crippen LogP contribution in [0.5, 0.6) is 0 Å². The van der Waals surface area contributed by atoms with Gasteiger partial charge in [-0.15, -0.1) is 0 Å². The van der Waals surface area contributed by atoms with Crippen LogP contribution in [0.4, 0.5) is 0 Å². The predicted molar refractivity (Wildman–Crippen MR) is 63.9 cm³/mol. The molecule has 0 bridgehead atoms. The Morgan fingerprint density at radius 3 is 2.80 bits per heavy atom. The molecular formula is C12H26N2O. The lowest BCUT2D eigenvalue weighted by Gasteiger charge is -2.36. The maximum Gasteiger partial charge on any atom is 0.0596 e. The van der Waals surface area contributed by atoms with Gasteiger partial charge in [0.25, 0.3) is 0 Å². The molecule has 0 aromatic heterocycles. The Bertz CT molecular complexity index is 173. The minimum atomic E-state index is 0.346. The molecule has 15 heavy (non-hydrogen) atoms. The molecule has 0 spiro atoms. The van der Waals surface area contributed by atoms with Crippen LogP contribution < -0.4 is 5.73 Å². The SMILES string of the molecule is CCC1CN(CCOC(C)C)CCC1N. The van der Waals surface area contributed by atoms with Gasteiger partial charge in [0.1, 0.15) is 0 Å². The van der Waals surface area contributed by atoms with E-state index in [1.165, 1.54) is 6.42 Å². The lowest BCUT2D eigenvalue weighted by molar-refractivity contribution is 0.0456. The number of nitrogens with zero attached hydrogens (tertiary/aromatic N) is 1. The van der Waals surface area contributed by atoms with Gasteiger partial charge >= 0.3 is 0 Å². The van der Waals surface area contributed by atoms with Crippen LogP contribution in [-0.4, -0.2) is 43.3 Å².